The van der Waals surface area contributed by atoms with Gasteiger partial charge in [-0.2, -0.15) is 0 Å². The molecule has 4 rings (SSSR count). The molecule has 2 aromatic rings. The van der Waals surface area contributed by atoms with Gasteiger partial charge in [-0.3, -0.25) is 15.0 Å². The summed E-state index contributed by atoms with van der Waals surface area (Å²) in [5.74, 6) is 1.35. The number of hydrogen-bond acceptors (Lipinski definition) is 7. The summed E-state index contributed by atoms with van der Waals surface area (Å²) in [6.07, 6.45) is 1.81. The first kappa shape index (κ1) is 17.9. The van der Waals surface area contributed by atoms with Gasteiger partial charge in [0.25, 0.3) is 5.69 Å². The Morgan fingerprint density at radius 3 is 2.67 bits per heavy atom. The average Bonchev–Trinajstić information content (AvgIpc) is 2.95. The van der Waals surface area contributed by atoms with Crippen molar-refractivity contribution in [3.63, 3.8) is 0 Å². The van der Waals surface area contributed by atoms with Gasteiger partial charge in [-0.1, -0.05) is 48.3 Å². The lowest BCUT2D eigenvalue weighted by Gasteiger charge is -2.22. The third kappa shape index (κ3) is 3.53. The highest BCUT2D eigenvalue weighted by Gasteiger charge is 2.31. The summed E-state index contributed by atoms with van der Waals surface area (Å²) < 4.78 is 11.8. The predicted octanol–water partition coefficient (Wildman–Crippen LogP) is 4.57. The molecule has 0 N–H and O–H groups in total. The molecule has 2 aliphatic heterocycles. The van der Waals surface area contributed by atoms with E-state index >= 15 is 0 Å². The number of rotatable bonds is 3. The van der Waals surface area contributed by atoms with E-state index in [2.05, 4.69) is 0 Å². The summed E-state index contributed by atoms with van der Waals surface area (Å²) in [7, 11) is 0. The maximum atomic E-state index is 11.0. The summed E-state index contributed by atoms with van der Waals surface area (Å²) in [6, 6.07) is 12.0. The van der Waals surface area contributed by atoms with Crippen LogP contribution in [0.2, 0.25) is 0 Å². The number of ether oxygens (including phenoxy) is 2. The summed E-state index contributed by atoms with van der Waals surface area (Å²) in [6.45, 7) is 1.02. The number of nitro benzene ring substituents is 1. The molecule has 27 heavy (non-hydrogen) atoms. The van der Waals surface area contributed by atoms with Crippen molar-refractivity contribution in [3.8, 4) is 11.5 Å². The van der Waals surface area contributed by atoms with Crippen LogP contribution in [-0.2, 0) is 0 Å². The van der Waals surface area contributed by atoms with Crippen LogP contribution in [0.3, 0.4) is 0 Å². The lowest BCUT2D eigenvalue weighted by Crippen LogP contribution is -2.26. The van der Waals surface area contributed by atoms with E-state index in [0.29, 0.717) is 39.6 Å². The standard InChI is InChI=1S/C18H12N2O4S3/c21-20(22)13-3-1-2-11(8-13)9-16-17(25)19(18(26)27-16)12-4-5-14-15(10-12)24-7-6-23-14/h1-5,8-10H,6-7H2. The summed E-state index contributed by atoms with van der Waals surface area (Å²) in [5, 5.41) is 11.0. The zero-order valence-corrected chi connectivity index (χ0v) is 16.2. The molecule has 0 aliphatic carbocycles. The Bertz CT molecular complexity index is 1010. The molecule has 1 saturated heterocycles. The molecule has 2 aliphatic rings. The van der Waals surface area contributed by atoms with Crippen molar-refractivity contribution in [2.24, 2.45) is 0 Å². The SMILES string of the molecule is O=[N+]([O-])c1cccc(C=C2SC(=S)N(c3ccc4c(c3)OCCO4)C2=S)c1. The van der Waals surface area contributed by atoms with Crippen molar-refractivity contribution in [3.05, 3.63) is 63.0 Å². The van der Waals surface area contributed by atoms with Crippen molar-refractivity contribution in [2.45, 2.75) is 0 Å². The normalized spacial score (nSPS) is 17.5. The van der Waals surface area contributed by atoms with Crippen molar-refractivity contribution >= 4 is 63.0 Å². The van der Waals surface area contributed by atoms with E-state index in [1.54, 1.807) is 17.0 Å². The number of nitrogens with zero attached hydrogens (tertiary/aromatic N) is 2. The van der Waals surface area contributed by atoms with Crippen LogP contribution < -0.4 is 14.4 Å². The average molecular weight is 417 g/mol. The quantitative estimate of drug-likeness (QED) is 0.312. The van der Waals surface area contributed by atoms with Crippen LogP contribution in [0.5, 0.6) is 11.5 Å². The van der Waals surface area contributed by atoms with Crippen LogP contribution in [0, 0.1) is 10.1 Å². The molecule has 0 aromatic heterocycles. The predicted molar refractivity (Wildman–Crippen MR) is 114 cm³/mol. The lowest BCUT2D eigenvalue weighted by molar-refractivity contribution is -0.384. The molecule has 0 unspecified atom stereocenters. The molecule has 0 spiro atoms. The van der Waals surface area contributed by atoms with Crippen LogP contribution >= 0.6 is 36.2 Å². The first-order valence-corrected chi connectivity index (χ1v) is 9.58. The Hall–Kier alpha value is -2.49. The second-order valence-corrected chi connectivity index (χ2v) is 7.76. The van der Waals surface area contributed by atoms with Gasteiger partial charge in [0.2, 0.25) is 0 Å². The Kier molecular flexibility index (Phi) is 4.81. The van der Waals surface area contributed by atoms with Crippen LogP contribution in [-0.4, -0.2) is 27.4 Å². The highest BCUT2D eigenvalue weighted by Crippen LogP contribution is 2.40. The number of fused-ring (bicyclic) bond motifs is 1. The van der Waals surface area contributed by atoms with E-state index in [0.717, 1.165) is 10.6 Å². The minimum absolute atomic E-state index is 0.0320. The third-order valence-electron chi connectivity index (χ3n) is 3.96. The highest BCUT2D eigenvalue weighted by atomic mass is 32.2. The van der Waals surface area contributed by atoms with E-state index in [1.165, 1.54) is 23.9 Å². The zero-order chi connectivity index (χ0) is 19.0. The van der Waals surface area contributed by atoms with Crippen LogP contribution in [0.15, 0.2) is 47.4 Å². The van der Waals surface area contributed by atoms with Crippen molar-refractivity contribution in [2.75, 3.05) is 18.1 Å². The number of hydrogen-bond donors (Lipinski definition) is 0. The molecule has 0 radical (unpaired) electrons. The third-order valence-corrected chi connectivity index (χ3v) is 5.81. The Balaban J connectivity index is 1.64. The maximum absolute atomic E-state index is 11.0. The van der Waals surface area contributed by atoms with Crippen molar-refractivity contribution in [1.82, 2.24) is 0 Å². The molecule has 0 bridgehead atoms. The molecule has 1 fully saturated rings. The van der Waals surface area contributed by atoms with Crippen LogP contribution in [0.4, 0.5) is 11.4 Å². The Labute approximate surface area is 169 Å². The van der Waals surface area contributed by atoms with E-state index < -0.39 is 4.92 Å². The van der Waals surface area contributed by atoms with Crippen LogP contribution in [0.1, 0.15) is 5.56 Å². The molecule has 0 amide bonds. The number of benzene rings is 2. The van der Waals surface area contributed by atoms with Gasteiger partial charge in [0.05, 0.1) is 15.5 Å². The molecule has 0 saturated carbocycles. The molecular weight excluding hydrogens is 404 g/mol. The maximum Gasteiger partial charge on any atom is 0.270 e. The van der Waals surface area contributed by atoms with Gasteiger partial charge >= 0.3 is 0 Å². The number of nitro groups is 1. The lowest BCUT2D eigenvalue weighted by atomic mass is 10.2. The molecule has 2 aromatic carbocycles. The monoisotopic (exact) mass is 416 g/mol. The first-order valence-electron chi connectivity index (χ1n) is 7.95. The second kappa shape index (κ2) is 7.26. The molecule has 0 atom stereocenters. The van der Waals surface area contributed by atoms with Crippen LogP contribution in [0.25, 0.3) is 6.08 Å². The smallest absolute Gasteiger partial charge is 0.270 e. The molecule has 2 heterocycles. The number of thioether (sulfide) groups is 1. The first-order chi connectivity index (χ1) is 13.0. The summed E-state index contributed by atoms with van der Waals surface area (Å²) >= 11 is 12.5. The van der Waals surface area contributed by atoms with Gasteiger partial charge in [-0.05, 0) is 23.8 Å². The fourth-order valence-electron chi connectivity index (χ4n) is 2.74. The van der Waals surface area contributed by atoms with Gasteiger partial charge in [-0.15, -0.1) is 0 Å². The molecular formula is C18H12N2O4S3. The van der Waals surface area contributed by atoms with Gasteiger partial charge < -0.3 is 9.47 Å². The van der Waals surface area contributed by atoms with E-state index in [1.807, 2.05) is 24.3 Å². The Morgan fingerprint density at radius 1 is 1.11 bits per heavy atom. The van der Waals surface area contributed by atoms with E-state index in [9.17, 15) is 10.1 Å². The summed E-state index contributed by atoms with van der Waals surface area (Å²) in [4.78, 5) is 13.6. The minimum atomic E-state index is -0.422. The molecule has 136 valence electrons. The number of thiocarbonyl (C=S) groups is 2. The van der Waals surface area contributed by atoms with Crippen molar-refractivity contribution < 1.29 is 14.4 Å². The van der Waals surface area contributed by atoms with Gasteiger partial charge in [-0.25, -0.2) is 0 Å². The fourth-order valence-corrected chi connectivity index (χ4v) is 4.55. The van der Waals surface area contributed by atoms with E-state index in [-0.39, 0.29) is 5.69 Å². The highest BCUT2D eigenvalue weighted by molar-refractivity contribution is 8.28. The fraction of sp³-hybridized carbons (Fsp3) is 0.111. The van der Waals surface area contributed by atoms with E-state index in [4.69, 9.17) is 33.9 Å². The molecule has 6 nitrogen and oxygen atoms in total. The van der Waals surface area contributed by atoms with Gasteiger partial charge in [0, 0.05) is 18.2 Å². The van der Waals surface area contributed by atoms with Gasteiger partial charge in [0.1, 0.15) is 18.2 Å². The zero-order valence-electron chi connectivity index (χ0n) is 13.8. The van der Waals surface area contributed by atoms with Crippen molar-refractivity contribution in [1.29, 1.82) is 0 Å². The number of non-ortho nitro benzene ring substituents is 1. The summed E-state index contributed by atoms with van der Waals surface area (Å²) in [5.41, 5.74) is 1.52. The Morgan fingerprint density at radius 2 is 1.89 bits per heavy atom. The number of anilines is 1. The largest absolute Gasteiger partial charge is 0.486 e. The second-order valence-electron chi connectivity index (χ2n) is 5.70. The topological polar surface area (TPSA) is 64.8 Å². The minimum Gasteiger partial charge on any atom is -0.486 e. The molecule has 9 heteroatoms. The van der Waals surface area contributed by atoms with Gasteiger partial charge in [0.15, 0.2) is 15.8 Å².